The molecule has 0 aliphatic heterocycles. The van der Waals surface area contributed by atoms with E-state index in [-0.39, 0.29) is 24.3 Å². The lowest BCUT2D eigenvalue weighted by molar-refractivity contribution is 0.265. The van der Waals surface area contributed by atoms with Gasteiger partial charge in [0.2, 0.25) is 0 Å². The fraction of sp³-hybridized carbons (Fsp3) is 0.435. The number of hydrogen-bond acceptors (Lipinski definition) is 5. The van der Waals surface area contributed by atoms with Crippen molar-refractivity contribution in [3.05, 3.63) is 58.3 Å². The van der Waals surface area contributed by atoms with Crippen molar-refractivity contribution in [3.8, 4) is 5.69 Å². The number of aromatic amines is 1. The number of aliphatic hydroxyl groups excluding tert-OH is 1. The molecular formula is C23H35N7O2. The van der Waals surface area contributed by atoms with Crippen molar-refractivity contribution in [2.45, 2.75) is 46.1 Å². The Morgan fingerprint density at radius 3 is 2.62 bits per heavy atom. The van der Waals surface area contributed by atoms with E-state index in [9.17, 15) is 9.90 Å². The Balaban J connectivity index is 0.00000176. The van der Waals surface area contributed by atoms with Gasteiger partial charge in [-0.2, -0.15) is 4.98 Å². The third-order valence-corrected chi connectivity index (χ3v) is 4.96. The molecule has 3 rings (SSSR count). The highest BCUT2D eigenvalue weighted by atomic mass is 16.3. The van der Waals surface area contributed by atoms with Crippen LogP contribution >= 0.6 is 0 Å². The number of H-pyrrole nitrogens is 1. The molecule has 0 radical (unpaired) electrons. The Labute approximate surface area is 188 Å². The van der Waals surface area contributed by atoms with Crippen molar-refractivity contribution in [1.29, 1.82) is 0 Å². The van der Waals surface area contributed by atoms with Crippen molar-refractivity contribution in [3.63, 3.8) is 0 Å². The van der Waals surface area contributed by atoms with E-state index in [2.05, 4.69) is 20.3 Å². The van der Waals surface area contributed by atoms with Crippen molar-refractivity contribution in [1.82, 2.24) is 19.9 Å². The number of nitrogens with one attached hydrogen (secondary N) is 2. The van der Waals surface area contributed by atoms with Gasteiger partial charge in [-0.15, -0.1) is 0 Å². The average molecular weight is 442 g/mol. The lowest BCUT2D eigenvalue weighted by Crippen LogP contribution is -2.26. The van der Waals surface area contributed by atoms with Gasteiger partial charge in [-0.1, -0.05) is 32.9 Å². The molecule has 2 aromatic heterocycles. The van der Waals surface area contributed by atoms with Crippen LogP contribution in [0, 0.1) is 0 Å². The molecule has 9 heteroatoms. The summed E-state index contributed by atoms with van der Waals surface area (Å²) in [6.07, 6.45) is 4.03. The molecule has 0 spiro atoms. The number of rotatable bonds is 10. The number of guanidine groups is 1. The van der Waals surface area contributed by atoms with Crippen LogP contribution in [0.3, 0.4) is 0 Å². The van der Waals surface area contributed by atoms with Gasteiger partial charge in [-0.3, -0.25) is 9.56 Å². The molecule has 0 aliphatic rings. The zero-order chi connectivity index (χ0) is 23.5. The minimum absolute atomic E-state index is 0.00244. The fourth-order valence-electron chi connectivity index (χ4n) is 3.37. The summed E-state index contributed by atoms with van der Waals surface area (Å²) in [5, 5.41) is 13.7. The minimum Gasteiger partial charge on any atom is -0.396 e. The molecule has 0 fully saturated rings. The molecule has 1 aromatic carbocycles. The van der Waals surface area contributed by atoms with E-state index in [4.69, 9.17) is 11.5 Å². The molecule has 0 saturated carbocycles. The normalized spacial score (nSPS) is 11.6. The Kier molecular flexibility index (Phi) is 9.90. The van der Waals surface area contributed by atoms with Crippen LogP contribution in [-0.2, 0) is 6.42 Å². The molecule has 0 amide bonds. The monoisotopic (exact) mass is 441 g/mol. The number of aliphatic hydroxyl groups is 1. The first-order chi connectivity index (χ1) is 15.5. The number of aryl methyl sites for hydroxylation is 1. The lowest BCUT2D eigenvalue weighted by atomic mass is 10.0. The molecule has 1 atom stereocenters. The Morgan fingerprint density at radius 1 is 1.28 bits per heavy atom. The predicted molar refractivity (Wildman–Crippen MR) is 130 cm³/mol. The molecule has 7 N–H and O–H groups in total. The zero-order valence-electron chi connectivity index (χ0n) is 19.1. The second-order valence-electron chi connectivity index (χ2n) is 7.12. The highest BCUT2D eigenvalue weighted by Gasteiger charge is 2.12. The van der Waals surface area contributed by atoms with E-state index in [1.807, 2.05) is 57.3 Å². The van der Waals surface area contributed by atoms with Crippen LogP contribution in [0.4, 0.5) is 0 Å². The van der Waals surface area contributed by atoms with Gasteiger partial charge >= 0.3 is 5.69 Å². The summed E-state index contributed by atoms with van der Waals surface area (Å²) in [4.78, 5) is 23.7. The van der Waals surface area contributed by atoms with Gasteiger partial charge in [0.1, 0.15) is 5.65 Å². The van der Waals surface area contributed by atoms with E-state index in [1.54, 1.807) is 4.57 Å². The van der Waals surface area contributed by atoms with E-state index in [0.29, 0.717) is 18.6 Å². The van der Waals surface area contributed by atoms with Crippen LogP contribution < -0.4 is 22.5 Å². The summed E-state index contributed by atoms with van der Waals surface area (Å²) in [5.41, 5.74) is 13.8. The first-order valence-electron chi connectivity index (χ1n) is 11.1. The Morgan fingerprint density at radius 2 is 2.00 bits per heavy atom. The van der Waals surface area contributed by atoms with Crippen molar-refractivity contribution in [2.75, 3.05) is 19.7 Å². The van der Waals surface area contributed by atoms with Gasteiger partial charge in [0.15, 0.2) is 5.96 Å². The van der Waals surface area contributed by atoms with E-state index in [0.717, 1.165) is 41.7 Å². The minimum atomic E-state index is -0.329. The predicted octanol–water partition coefficient (Wildman–Crippen LogP) is 1.98. The van der Waals surface area contributed by atoms with Crippen molar-refractivity contribution < 1.29 is 5.11 Å². The third kappa shape index (κ3) is 6.66. The number of aromatic nitrogens is 3. The van der Waals surface area contributed by atoms with Crippen LogP contribution in [-0.4, -0.2) is 45.3 Å². The number of nitrogens with two attached hydrogens (primary N) is 2. The number of hydrogen-bond donors (Lipinski definition) is 5. The Hall–Kier alpha value is -3.17. The average Bonchev–Trinajstić information content (AvgIpc) is 3.21. The van der Waals surface area contributed by atoms with Crippen LogP contribution in [0.1, 0.15) is 50.9 Å². The maximum atomic E-state index is 12.5. The molecular weight excluding hydrogens is 406 g/mol. The first kappa shape index (κ1) is 25.1. The molecule has 0 bridgehead atoms. The highest BCUT2D eigenvalue weighted by molar-refractivity contribution is 5.76. The fourth-order valence-corrected chi connectivity index (χ4v) is 3.37. The molecule has 2 heterocycles. The molecule has 174 valence electrons. The third-order valence-electron chi connectivity index (χ3n) is 4.96. The van der Waals surface area contributed by atoms with Gasteiger partial charge in [-0.25, -0.2) is 4.79 Å². The van der Waals surface area contributed by atoms with E-state index in [1.165, 1.54) is 0 Å². The smallest absolute Gasteiger partial charge is 0.354 e. The van der Waals surface area contributed by atoms with Gasteiger partial charge < -0.3 is 26.9 Å². The first-order valence-corrected chi connectivity index (χ1v) is 11.1. The number of benzene rings is 1. The molecule has 0 aliphatic carbocycles. The highest BCUT2D eigenvalue weighted by Crippen LogP contribution is 2.19. The van der Waals surface area contributed by atoms with E-state index < -0.39 is 0 Å². The van der Waals surface area contributed by atoms with Crippen LogP contribution in [0.5, 0.6) is 0 Å². The van der Waals surface area contributed by atoms with Gasteiger partial charge in [0.05, 0.1) is 5.69 Å². The lowest BCUT2D eigenvalue weighted by Gasteiger charge is -2.18. The number of fused-ring (bicyclic) bond motifs is 1. The maximum absolute atomic E-state index is 12.5. The number of nitrogens with zero attached hydrogens (tertiary/aromatic N) is 3. The summed E-state index contributed by atoms with van der Waals surface area (Å²) in [6, 6.07) is 9.72. The van der Waals surface area contributed by atoms with Gasteiger partial charge in [0.25, 0.3) is 0 Å². The van der Waals surface area contributed by atoms with Gasteiger partial charge in [0, 0.05) is 36.5 Å². The molecule has 3 aromatic rings. The molecule has 9 nitrogen and oxygen atoms in total. The maximum Gasteiger partial charge on any atom is 0.354 e. The number of aliphatic imine (C=N–C) groups is 1. The van der Waals surface area contributed by atoms with Crippen LogP contribution in [0.2, 0.25) is 0 Å². The summed E-state index contributed by atoms with van der Waals surface area (Å²) in [5.74, 6) is 0.0889. The largest absolute Gasteiger partial charge is 0.396 e. The summed E-state index contributed by atoms with van der Waals surface area (Å²) in [7, 11) is 0. The second kappa shape index (κ2) is 12.6. The quantitative estimate of drug-likeness (QED) is 0.185. The topological polar surface area (TPSA) is 147 Å². The SMILES string of the molecule is CC.CCc1cc2cn(-c3ccc([C@@H](CCO)NCCCN=C(N)N)cc3)c(=O)nc2[nH]1. The second-order valence-corrected chi connectivity index (χ2v) is 7.12. The van der Waals surface area contributed by atoms with Crippen molar-refractivity contribution >= 4 is 17.0 Å². The van der Waals surface area contributed by atoms with Crippen molar-refractivity contribution in [2.24, 2.45) is 16.5 Å². The molecule has 32 heavy (non-hydrogen) atoms. The van der Waals surface area contributed by atoms with Crippen LogP contribution in [0.15, 0.2) is 46.3 Å². The van der Waals surface area contributed by atoms with Crippen LogP contribution in [0.25, 0.3) is 16.7 Å². The summed E-state index contributed by atoms with van der Waals surface area (Å²) < 4.78 is 1.54. The molecule has 0 saturated heterocycles. The van der Waals surface area contributed by atoms with E-state index >= 15 is 0 Å². The Bertz CT molecular complexity index is 1050. The van der Waals surface area contributed by atoms with Gasteiger partial charge in [-0.05, 0) is 49.6 Å². The summed E-state index contributed by atoms with van der Waals surface area (Å²) >= 11 is 0. The zero-order valence-corrected chi connectivity index (χ0v) is 19.1. The standard InChI is InChI=1S/C21H29N7O2.C2H6/c1-2-16-12-15-13-28(21(30)27-19(15)26-16)17-6-4-14(5-7-17)18(8-11-29)24-9-3-10-25-20(22)23;1-2/h4-7,12-13,18,24,29H,2-3,8-11H2,1H3,(H4,22,23,25)(H,26,27,30);1-2H3/t18-;/m1./s1. The molecule has 0 unspecified atom stereocenters. The summed E-state index contributed by atoms with van der Waals surface area (Å²) in [6.45, 7) is 7.39.